The molecular formula is C28H30N4O10S. The molecule has 0 saturated heterocycles. The van der Waals surface area contributed by atoms with Crippen molar-refractivity contribution < 1.29 is 46.1 Å². The van der Waals surface area contributed by atoms with Crippen LogP contribution >= 0.6 is 0 Å². The molecule has 2 amide bonds. The average Bonchev–Trinajstić information content (AvgIpc) is 3.50. The van der Waals surface area contributed by atoms with E-state index in [2.05, 4.69) is 9.97 Å². The maximum Gasteiger partial charge on any atom is 0.476 e. The van der Waals surface area contributed by atoms with E-state index in [1.807, 2.05) is 0 Å². The Kier molecular flexibility index (Phi) is 8.73. The van der Waals surface area contributed by atoms with E-state index in [0.717, 1.165) is 33.3 Å². The van der Waals surface area contributed by atoms with E-state index < -0.39 is 45.4 Å². The number of nitrogens with zero attached hydrogens (tertiary/aromatic N) is 1. The highest BCUT2D eigenvalue weighted by molar-refractivity contribution is 7.82. The molecule has 4 rings (SSSR count). The molecule has 15 heteroatoms. The van der Waals surface area contributed by atoms with Crippen LogP contribution in [0, 0.1) is 0 Å². The first kappa shape index (κ1) is 31.4. The zero-order chi connectivity index (χ0) is 31.7. The first-order chi connectivity index (χ1) is 20.2. The molecule has 0 fully saturated rings. The van der Waals surface area contributed by atoms with E-state index in [9.17, 15) is 32.7 Å². The normalized spacial score (nSPS) is 13.9. The van der Waals surface area contributed by atoms with Gasteiger partial charge in [-0.2, -0.15) is 13.3 Å². The van der Waals surface area contributed by atoms with Gasteiger partial charge in [0.1, 0.15) is 23.2 Å². The van der Waals surface area contributed by atoms with Crippen molar-refractivity contribution in [2.75, 3.05) is 6.54 Å². The van der Waals surface area contributed by atoms with Gasteiger partial charge in [-0.05, 0) is 74.3 Å². The molecule has 0 aliphatic heterocycles. The first-order valence-electron chi connectivity index (χ1n) is 13.0. The highest BCUT2D eigenvalue weighted by atomic mass is 32.3. The lowest BCUT2D eigenvalue weighted by atomic mass is 9.81. The van der Waals surface area contributed by atoms with E-state index in [4.69, 9.17) is 19.1 Å². The van der Waals surface area contributed by atoms with Gasteiger partial charge in [0.25, 0.3) is 5.72 Å². The summed E-state index contributed by atoms with van der Waals surface area (Å²) in [7, 11) is -5.16. The zero-order valence-corrected chi connectivity index (χ0v) is 24.5. The number of nitrogens with one attached hydrogen (secondary N) is 2. The van der Waals surface area contributed by atoms with Crippen molar-refractivity contribution >= 4 is 55.6 Å². The number of carbonyl (C=O) groups excluding carboxylic acids is 4. The molecule has 0 saturated carbocycles. The molecule has 0 radical (unpaired) electrons. The Balaban J connectivity index is 1.81. The number of hydrogen-bond donors (Lipinski definition) is 4. The highest BCUT2D eigenvalue weighted by Gasteiger charge is 2.58. The number of fused-ring (bicyclic) bond motifs is 2. The summed E-state index contributed by atoms with van der Waals surface area (Å²) in [4.78, 5) is 63.8. The maximum atomic E-state index is 13.4. The van der Waals surface area contributed by atoms with Crippen molar-refractivity contribution in [1.82, 2.24) is 14.9 Å². The summed E-state index contributed by atoms with van der Waals surface area (Å²) in [6.45, 7) is 4.16. The third kappa shape index (κ3) is 6.01. The summed E-state index contributed by atoms with van der Waals surface area (Å²) < 4.78 is 35.8. The van der Waals surface area contributed by atoms with E-state index in [-0.39, 0.29) is 22.4 Å². The van der Waals surface area contributed by atoms with E-state index in [0.29, 0.717) is 34.3 Å². The van der Waals surface area contributed by atoms with Gasteiger partial charge in [-0.1, -0.05) is 4.33 Å². The number of aromatic amines is 2. The summed E-state index contributed by atoms with van der Waals surface area (Å²) in [6, 6.07) is 8.46. The molecule has 2 unspecified atom stereocenters. The van der Waals surface area contributed by atoms with Gasteiger partial charge in [0.2, 0.25) is 11.8 Å². The average molecular weight is 615 g/mol. The predicted octanol–water partition coefficient (Wildman–Crippen LogP) is 2.48. The van der Waals surface area contributed by atoms with Crippen LogP contribution in [0.5, 0.6) is 11.5 Å². The molecule has 2 atom stereocenters. The molecule has 2 aromatic carbocycles. The van der Waals surface area contributed by atoms with Crippen molar-refractivity contribution in [1.29, 1.82) is 0 Å². The third-order valence-electron chi connectivity index (χ3n) is 6.87. The molecule has 5 N–H and O–H groups in total. The minimum Gasteiger partial charge on any atom is -0.508 e. The zero-order valence-electron chi connectivity index (χ0n) is 23.7. The van der Waals surface area contributed by atoms with Crippen LogP contribution in [0.15, 0.2) is 48.8 Å². The standard InChI is InChI=1S/C28H30N4O10S/c1-15(33)27(24-14-31-26-7-5-20(37)11-23(24)26)28(16(2)34,32(17(3)35)18(4)36)41-42-43(38,39)40-21-6-8-25-22(12-21)19(9-10-29)13-30-25/h5-8,11-14,27,30-31,37H,9-10,29H2,1-4H3. The summed E-state index contributed by atoms with van der Waals surface area (Å²) >= 11 is 0. The number of aromatic nitrogens is 2. The summed E-state index contributed by atoms with van der Waals surface area (Å²) in [6.07, 6.45) is 3.54. The van der Waals surface area contributed by atoms with Crippen molar-refractivity contribution in [3.63, 3.8) is 0 Å². The highest BCUT2D eigenvalue weighted by Crippen LogP contribution is 2.41. The monoisotopic (exact) mass is 614 g/mol. The molecule has 4 aromatic rings. The molecule has 2 aromatic heterocycles. The second-order valence-electron chi connectivity index (χ2n) is 9.85. The summed E-state index contributed by atoms with van der Waals surface area (Å²) in [5.41, 5.74) is 4.61. The molecule has 2 heterocycles. The smallest absolute Gasteiger partial charge is 0.476 e. The lowest BCUT2D eigenvalue weighted by Gasteiger charge is -2.41. The largest absolute Gasteiger partial charge is 0.508 e. The van der Waals surface area contributed by atoms with Gasteiger partial charge >= 0.3 is 10.4 Å². The Morgan fingerprint density at radius 3 is 2.19 bits per heavy atom. The molecule has 0 bridgehead atoms. The van der Waals surface area contributed by atoms with Crippen LogP contribution < -0.4 is 9.92 Å². The number of carbonyl (C=O) groups is 4. The lowest BCUT2D eigenvalue weighted by molar-refractivity contribution is -0.317. The Bertz CT molecular complexity index is 1830. The fraction of sp³-hybridized carbons (Fsp3) is 0.286. The van der Waals surface area contributed by atoms with Crippen molar-refractivity contribution in [2.24, 2.45) is 5.73 Å². The van der Waals surface area contributed by atoms with Crippen LogP contribution in [0.1, 0.15) is 44.7 Å². The number of phenolic OH excluding ortho intramolecular Hbond substituents is 1. The van der Waals surface area contributed by atoms with E-state index in [1.165, 1.54) is 36.5 Å². The second-order valence-corrected chi connectivity index (χ2v) is 11.0. The molecule has 43 heavy (non-hydrogen) atoms. The molecule has 0 aliphatic rings. The van der Waals surface area contributed by atoms with Gasteiger partial charge in [0, 0.05) is 48.0 Å². The number of benzene rings is 2. The molecule has 14 nitrogen and oxygen atoms in total. The molecular weight excluding hydrogens is 584 g/mol. The number of H-pyrrole nitrogens is 2. The first-order valence-corrected chi connectivity index (χ1v) is 14.3. The van der Waals surface area contributed by atoms with Gasteiger partial charge in [-0.25, -0.2) is 4.90 Å². The minimum atomic E-state index is -5.16. The van der Waals surface area contributed by atoms with Crippen LogP contribution in [0.25, 0.3) is 21.8 Å². The van der Waals surface area contributed by atoms with Crippen LogP contribution in [0.3, 0.4) is 0 Å². The van der Waals surface area contributed by atoms with Crippen LogP contribution in [-0.4, -0.2) is 64.0 Å². The van der Waals surface area contributed by atoms with Crippen LogP contribution in [0.4, 0.5) is 0 Å². The number of ketones is 2. The van der Waals surface area contributed by atoms with Gasteiger partial charge in [0.15, 0.2) is 5.78 Å². The van der Waals surface area contributed by atoms with Crippen molar-refractivity contribution in [3.8, 4) is 11.5 Å². The Morgan fingerprint density at radius 2 is 1.58 bits per heavy atom. The fourth-order valence-corrected chi connectivity index (χ4v) is 5.75. The number of amides is 2. The van der Waals surface area contributed by atoms with Gasteiger partial charge in [-0.3, -0.25) is 19.2 Å². The molecule has 0 spiro atoms. The number of imide groups is 1. The number of aromatic hydroxyl groups is 1. The Labute approximate surface area is 246 Å². The molecule has 228 valence electrons. The predicted molar refractivity (Wildman–Crippen MR) is 153 cm³/mol. The van der Waals surface area contributed by atoms with Crippen LogP contribution in [0.2, 0.25) is 0 Å². The van der Waals surface area contributed by atoms with E-state index in [1.54, 1.807) is 12.3 Å². The number of Topliss-reactive ketones (excluding diaryl/α,β-unsaturated/α-hetero) is 2. The Morgan fingerprint density at radius 1 is 0.953 bits per heavy atom. The van der Waals surface area contributed by atoms with Gasteiger partial charge in [0.05, 0.1) is 0 Å². The third-order valence-corrected chi connectivity index (χ3v) is 7.50. The van der Waals surface area contributed by atoms with E-state index >= 15 is 0 Å². The SMILES string of the molecule is CC(=O)C(c1c[nH]c2ccc(O)cc12)C(OOS(=O)(=O)Oc1ccc2[nH]cc(CCN)c2c1)(C(C)=O)N(C(C)=O)C(C)=O. The Hall–Kier alpha value is -4.57. The topological polar surface area (TPSA) is 211 Å². The lowest BCUT2D eigenvalue weighted by Crippen LogP contribution is -2.64. The van der Waals surface area contributed by atoms with Crippen LogP contribution in [-0.2, 0) is 45.2 Å². The van der Waals surface area contributed by atoms with Crippen molar-refractivity contribution in [2.45, 2.75) is 45.8 Å². The quantitative estimate of drug-likeness (QED) is 0.103. The molecule has 0 aliphatic carbocycles. The number of nitrogens with two attached hydrogens (primary N) is 1. The minimum absolute atomic E-state index is 0.00774. The number of hydrogen-bond acceptors (Lipinski definition) is 11. The maximum absolute atomic E-state index is 13.4. The fourth-order valence-electron chi connectivity index (χ4n) is 5.19. The van der Waals surface area contributed by atoms with Gasteiger partial charge < -0.3 is 25.0 Å². The number of phenols is 1. The van der Waals surface area contributed by atoms with Crippen molar-refractivity contribution in [3.05, 3.63) is 59.9 Å². The number of rotatable bonds is 12. The summed E-state index contributed by atoms with van der Waals surface area (Å²) in [5, 5.41) is 11.0. The van der Waals surface area contributed by atoms with Gasteiger partial charge in [-0.15, -0.1) is 0 Å². The second kappa shape index (κ2) is 12.0. The summed E-state index contributed by atoms with van der Waals surface area (Å²) in [5.74, 6) is -6.23.